The van der Waals surface area contributed by atoms with Crippen molar-refractivity contribution in [3.05, 3.63) is 75.0 Å². The Morgan fingerprint density at radius 3 is 2.69 bits per heavy atom. The number of carbonyl (C=O) groups is 1. The van der Waals surface area contributed by atoms with E-state index in [2.05, 4.69) is 30.1 Å². The molecule has 7 heteroatoms. The molecule has 1 N–H and O–H groups in total. The summed E-state index contributed by atoms with van der Waals surface area (Å²) in [6.07, 6.45) is 1.50. The number of carbonyl (C=O) groups excluding carboxylic acids is 1. The molecule has 4 rings (SSSR count). The highest BCUT2D eigenvalue weighted by atomic mass is 35.5. The van der Waals surface area contributed by atoms with Gasteiger partial charge >= 0.3 is 0 Å². The maximum atomic E-state index is 12.7. The predicted molar refractivity (Wildman–Crippen MR) is 116 cm³/mol. The summed E-state index contributed by atoms with van der Waals surface area (Å²) in [6, 6.07) is 11.3. The van der Waals surface area contributed by atoms with Crippen molar-refractivity contribution >= 4 is 33.8 Å². The summed E-state index contributed by atoms with van der Waals surface area (Å²) in [4.78, 5) is 16.3. The Balaban J connectivity index is 1.78. The van der Waals surface area contributed by atoms with Gasteiger partial charge in [0.25, 0.3) is 5.91 Å². The number of morpholine rings is 1. The Kier molecular flexibility index (Phi) is 6.06. The molecule has 0 radical (unpaired) electrons. The number of thiophene rings is 1. The van der Waals surface area contributed by atoms with Crippen molar-refractivity contribution in [1.29, 1.82) is 0 Å². The quantitative estimate of drug-likeness (QED) is 0.597. The largest absolute Gasteiger partial charge is 0.459 e. The topological polar surface area (TPSA) is 54.7 Å². The molecular formula is C22H23ClN2O3S. The third-order valence-corrected chi connectivity index (χ3v) is 6.63. The van der Waals surface area contributed by atoms with Crippen molar-refractivity contribution in [2.75, 3.05) is 31.6 Å². The van der Waals surface area contributed by atoms with Crippen LogP contribution in [0.4, 0.5) is 5.00 Å². The van der Waals surface area contributed by atoms with E-state index in [0.29, 0.717) is 24.0 Å². The van der Waals surface area contributed by atoms with E-state index in [4.69, 9.17) is 20.8 Å². The Morgan fingerprint density at radius 2 is 2.00 bits per heavy atom. The lowest BCUT2D eigenvalue weighted by atomic mass is 9.94. The summed E-state index contributed by atoms with van der Waals surface area (Å²) >= 11 is 7.92. The zero-order chi connectivity index (χ0) is 20.4. The second-order valence-corrected chi connectivity index (χ2v) is 8.72. The van der Waals surface area contributed by atoms with Crippen molar-refractivity contribution in [1.82, 2.24) is 4.90 Å². The van der Waals surface area contributed by atoms with Crippen LogP contribution in [0, 0.1) is 13.8 Å². The van der Waals surface area contributed by atoms with Gasteiger partial charge in [-0.05, 0) is 49.2 Å². The molecule has 3 aromatic rings. The monoisotopic (exact) mass is 430 g/mol. The number of halogens is 1. The summed E-state index contributed by atoms with van der Waals surface area (Å²) in [5.74, 6) is 0.0506. The zero-order valence-electron chi connectivity index (χ0n) is 16.4. The van der Waals surface area contributed by atoms with E-state index < -0.39 is 0 Å². The van der Waals surface area contributed by atoms with Crippen LogP contribution in [0.25, 0.3) is 0 Å². The number of nitrogens with one attached hydrogen (secondary N) is 1. The molecule has 3 heterocycles. The lowest BCUT2D eigenvalue weighted by Gasteiger charge is -2.35. The molecule has 1 saturated heterocycles. The Labute approximate surface area is 179 Å². The van der Waals surface area contributed by atoms with Gasteiger partial charge in [0.1, 0.15) is 5.00 Å². The smallest absolute Gasteiger partial charge is 0.291 e. The van der Waals surface area contributed by atoms with E-state index in [1.165, 1.54) is 16.7 Å². The van der Waals surface area contributed by atoms with Crippen molar-refractivity contribution in [3.8, 4) is 0 Å². The van der Waals surface area contributed by atoms with Gasteiger partial charge in [0.05, 0.1) is 25.5 Å². The first-order valence-corrected chi connectivity index (χ1v) is 10.8. The highest BCUT2D eigenvalue weighted by Gasteiger charge is 2.30. The molecule has 1 atom stereocenters. The fraction of sp³-hybridized carbons (Fsp3) is 0.318. The van der Waals surface area contributed by atoms with Gasteiger partial charge in [-0.1, -0.05) is 23.7 Å². The van der Waals surface area contributed by atoms with E-state index in [0.717, 1.165) is 29.2 Å². The summed E-state index contributed by atoms with van der Waals surface area (Å²) in [5, 5.41) is 4.62. The lowest BCUT2D eigenvalue weighted by Crippen LogP contribution is -2.39. The normalized spacial score (nSPS) is 16.0. The van der Waals surface area contributed by atoms with Crippen molar-refractivity contribution in [2.24, 2.45) is 0 Å². The van der Waals surface area contributed by atoms with Crippen LogP contribution in [0.2, 0.25) is 5.02 Å². The van der Waals surface area contributed by atoms with Gasteiger partial charge < -0.3 is 14.5 Å². The van der Waals surface area contributed by atoms with Gasteiger partial charge in [0.15, 0.2) is 5.76 Å². The summed E-state index contributed by atoms with van der Waals surface area (Å²) < 4.78 is 10.8. The maximum absolute atomic E-state index is 12.7. The molecule has 0 saturated carbocycles. The summed E-state index contributed by atoms with van der Waals surface area (Å²) in [7, 11) is 0. The van der Waals surface area contributed by atoms with Crippen molar-refractivity contribution < 1.29 is 13.9 Å². The lowest BCUT2D eigenvalue weighted by molar-refractivity contribution is 0.0240. The number of furan rings is 1. The fourth-order valence-corrected chi connectivity index (χ4v) is 5.00. The molecule has 2 aromatic heterocycles. The fourth-order valence-electron chi connectivity index (χ4n) is 3.71. The van der Waals surface area contributed by atoms with Crippen LogP contribution in [0.5, 0.6) is 0 Å². The van der Waals surface area contributed by atoms with Gasteiger partial charge in [-0.15, -0.1) is 11.3 Å². The highest BCUT2D eigenvalue weighted by Crippen LogP contribution is 2.43. The van der Waals surface area contributed by atoms with Crippen molar-refractivity contribution in [3.63, 3.8) is 0 Å². The summed E-state index contributed by atoms with van der Waals surface area (Å²) in [6.45, 7) is 7.21. The second kappa shape index (κ2) is 8.71. The number of rotatable bonds is 5. The van der Waals surface area contributed by atoms with Crippen molar-refractivity contribution in [2.45, 2.75) is 19.9 Å². The van der Waals surface area contributed by atoms with Crippen LogP contribution in [-0.4, -0.2) is 37.1 Å². The average Bonchev–Trinajstić information content (AvgIpc) is 3.34. The van der Waals surface area contributed by atoms with Crippen LogP contribution in [0.15, 0.2) is 47.1 Å². The molecule has 1 aliphatic heterocycles. The van der Waals surface area contributed by atoms with Crippen LogP contribution >= 0.6 is 22.9 Å². The number of nitrogens with zero attached hydrogens (tertiary/aromatic N) is 1. The minimum absolute atomic E-state index is 0.0190. The zero-order valence-corrected chi connectivity index (χ0v) is 18.0. The first-order valence-electron chi connectivity index (χ1n) is 9.56. The van der Waals surface area contributed by atoms with E-state index in [-0.39, 0.29) is 11.9 Å². The van der Waals surface area contributed by atoms with Crippen LogP contribution in [-0.2, 0) is 4.74 Å². The van der Waals surface area contributed by atoms with Gasteiger partial charge in [-0.25, -0.2) is 0 Å². The highest BCUT2D eigenvalue weighted by molar-refractivity contribution is 7.16. The van der Waals surface area contributed by atoms with Crippen LogP contribution < -0.4 is 5.32 Å². The Bertz CT molecular complexity index is 994. The molecule has 29 heavy (non-hydrogen) atoms. The van der Waals surface area contributed by atoms with E-state index in [1.807, 2.05) is 18.2 Å². The molecule has 1 aromatic carbocycles. The SMILES string of the molecule is Cc1sc(NC(=O)c2ccco2)c([C@@H](c2cccc(Cl)c2)N2CCOCC2)c1C. The van der Waals surface area contributed by atoms with Crippen LogP contribution in [0.1, 0.15) is 38.2 Å². The molecule has 0 unspecified atom stereocenters. The number of benzene rings is 1. The second-order valence-electron chi connectivity index (χ2n) is 7.06. The third kappa shape index (κ3) is 4.26. The van der Waals surface area contributed by atoms with Gasteiger partial charge in [0, 0.05) is 28.6 Å². The molecule has 1 fully saturated rings. The predicted octanol–water partition coefficient (Wildman–Crippen LogP) is 5.29. The number of hydrogen-bond donors (Lipinski definition) is 1. The van der Waals surface area contributed by atoms with E-state index in [1.54, 1.807) is 23.5 Å². The minimum Gasteiger partial charge on any atom is -0.459 e. The number of aryl methyl sites for hydroxylation is 1. The average molecular weight is 431 g/mol. The van der Waals surface area contributed by atoms with Gasteiger partial charge in [-0.2, -0.15) is 0 Å². The van der Waals surface area contributed by atoms with Gasteiger partial charge in [0.2, 0.25) is 0 Å². The maximum Gasteiger partial charge on any atom is 0.291 e. The molecule has 0 spiro atoms. The third-order valence-electron chi connectivity index (χ3n) is 5.25. The van der Waals surface area contributed by atoms with E-state index >= 15 is 0 Å². The molecule has 0 aliphatic carbocycles. The summed E-state index contributed by atoms with van der Waals surface area (Å²) in [5.41, 5.74) is 3.39. The number of ether oxygens (including phenoxy) is 1. The molecule has 1 aliphatic rings. The van der Waals surface area contributed by atoms with Gasteiger partial charge in [-0.3, -0.25) is 9.69 Å². The van der Waals surface area contributed by atoms with E-state index in [9.17, 15) is 4.79 Å². The van der Waals surface area contributed by atoms with Crippen LogP contribution in [0.3, 0.4) is 0 Å². The molecule has 152 valence electrons. The Hall–Kier alpha value is -2.12. The number of anilines is 1. The molecule has 5 nitrogen and oxygen atoms in total. The first kappa shape index (κ1) is 20.2. The first-order chi connectivity index (χ1) is 14.0. The molecule has 0 bridgehead atoms. The number of amides is 1. The Morgan fingerprint density at radius 1 is 1.21 bits per heavy atom. The molecular weight excluding hydrogens is 408 g/mol. The number of hydrogen-bond acceptors (Lipinski definition) is 5. The standard InChI is InChI=1S/C22H23ClN2O3S/c1-14-15(2)29-22(24-21(26)18-7-4-10-28-18)19(14)20(25-8-11-27-12-9-25)16-5-3-6-17(23)13-16/h3-7,10,13,20H,8-9,11-12H2,1-2H3,(H,24,26)/t20-/m1/s1. The molecule has 1 amide bonds. The minimum atomic E-state index is -0.246.